The Labute approximate surface area is 154 Å². The first-order valence-corrected chi connectivity index (χ1v) is 9.59. The number of rotatable bonds is 5. The molecular formula is C15H21N3O8S. The number of nitrogens with zero attached hydrogens (tertiary/aromatic N) is 3. The predicted octanol–water partition coefficient (Wildman–Crippen LogP) is -1.94. The third kappa shape index (κ3) is 3.45. The Morgan fingerprint density at radius 2 is 1.78 bits per heavy atom. The van der Waals surface area contributed by atoms with Crippen molar-refractivity contribution in [3.8, 4) is 0 Å². The fourth-order valence-electron chi connectivity index (χ4n) is 3.09. The number of hydrogen-bond donors (Lipinski definition) is 4. The van der Waals surface area contributed by atoms with Gasteiger partial charge in [-0.2, -0.15) is 0 Å². The molecule has 0 amide bonds. The fourth-order valence-corrected chi connectivity index (χ4v) is 4.11. The molecule has 150 valence electrons. The van der Waals surface area contributed by atoms with Crippen LogP contribution in [-0.4, -0.2) is 88.8 Å². The van der Waals surface area contributed by atoms with Crippen molar-refractivity contribution in [2.24, 2.45) is 5.92 Å². The third-order valence-corrected chi connectivity index (χ3v) is 6.55. The fraction of sp³-hybridized carbons (Fsp3) is 0.600. The summed E-state index contributed by atoms with van der Waals surface area (Å²) in [5, 5.41) is 47.0. The van der Waals surface area contributed by atoms with Crippen LogP contribution in [0.25, 0.3) is 11.0 Å². The number of fused-ring (bicyclic) bond motifs is 1. The summed E-state index contributed by atoms with van der Waals surface area (Å²) in [6, 6.07) is 2.82. The molecule has 2 heterocycles. The van der Waals surface area contributed by atoms with Crippen LogP contribution in [0.1, 0.15) is 5.56 Å². The van der Waals surface area contributed by atoms with Crippen molar-refractivity contribution in [1.29, 1.82) is 0 Å². The van der Waals surface area contributed by atoms with E-state index in [1.165, 1.54) is 26.2 Å². The van der Waals surface area contributed by atoms with Crippen molar-refractivity contribution < 1.29 is 38.2 Å². The average molecular weight is 403 g/mol. The Hall–Kier alpha value is -1.67. The van der Waals surface area contributed by atoms with Crippen molar-refractivity contribution in [3.05, 3.63) is 17.7 Å². The van der Waals surface area contributed by atoms with E-state index in [-0.39, 0.29) is 22.3 Å². The number of sulfonamides is 1. The maximum atomic E-state index is 12.4. The van der Waals surface area contributed by atoms with Crippen LogP contribution >= 0.6 is 0 Å². The number of benzene rings is 1. The average Bonchev–Trinajstić information content (AvgIpc) is 3.11. The van der Waals surface area contributed by atoms with Gasteiger partial charge >= 0.3 is 0 Å². The first-order valence-electron chi connectivity index (χ1n) is 8.15. The molecule has 4 N–H and O–H groups in total. The van der Waals surface area contributed by atoms with E-state index in [1.807, 2.05) is 0 Å². The van der Waals surface area contributed by atoms with Gasteiger partial charge in [0.05, 0.1) is 12.7 Å². The smallest absolute Gasteiger partial charge is 0.244 e. The van der Waals surface area contributed by atoms with Gasteiger partial charge in [0.2, 0.25) is 10.0 Å². The third-order valence-electron chi connectivity index (χ3n) is 4.71. The molecule has 3 rings (SSSR count). The highest BCUT2D eigenvalue weighted by molar-refractivity contribution is 7.89. The van der Waals surface area contributed by atoms with Gasteiger partial charge in [0.1, 0.15) is 22.6 Å². The zero-order chi connectivity index (χ0) is 19.9. The van der Waals surface area contributed by atoms with Crippen molar-refractivity contribution >= 4 is 21.1 Å². The second-order valence-electron chi connectivity index (χ2n) is 6.57. The van der Waals surface area contributed by atoms with Crippen molar-refractivity contribution in [3.63, 3.8) is 0 Å². The summed E-state index contributed by atoms with van der Waals surface area (Å²) in [7, 11) is -1.02. The summed E-state index contributed by atoms with van der Waals surface area (Å²) in [5.41, 5.74) is 0.636. The predicted molar refractivity (Wildman–Crippen MR) is 89.9 cm³/mol. The Kier molecular flexibility index (Phi) is 5.49. The summed E-state index contributed by atoms with van der Waals surface area (Å²) >= 11 is 0. The summed E-state index contributed by atoms with van der Waals surface area (Å²) in [6.07, 6.45) is -5.30. The molecule has 3 unspecified atom stereocenters. The standard InChI is InChI=1S/C15H21N3O8S/c1-18(2)27(23,24)10-4-3-7(11-12(10)17-26-16-11)5-8-13(20)14(21)9(6-19)25-15(8)22/h3-4,8-9,13-15,19-22H,5-6H2,1-2H3/t8?,9?,13-,14-,15?/m0/s1. The molecule has 1 aromatic heterocycles. The van der Waals surface area contributed by atoms with Gasteiger partial charge in [-0.25, -0.2) is 17.4 Å². The van der Waals surface area contributed by atoms with E-state index in [9.17, 15) is 23.7 Å². The van der Waals surface area contributed by atoms with Gasteiger partial charge in [0, 0.05) is 20.0 Å². The minimum atomic E-state index is -3.78. The van der Waals surface area contributed by atoms with E-state index < -0.39 is 47.2 Å². The minimum absolute atomic E-state index is 0.00451. The molecule has 0 bridgehead atoms. The van der Waals surface area contributed by atoms with Gasteiger partial charge in [-0.05, 0) is 28.4 Å². The van der Waals surface area contributed by atoms with Crippen molar-refractivity contribution in [2.75, 3.05) is 20.7 Å². The lowest BCUT2D eigenvalue weighted by molar-refractivity contribution is -0.269. The van der Waals surface area contributed by atoms with Crippen LogP contribution in [0.2, 0.25) is 0 Å². The molecule has 5 atom stereocenters. The lowest BCUT2D eigenvalue weighted by Gasteiger charge is -2.40. The molecular weight excluding hydrogens is 382 g/mol. The van der Waals surface area contributed by atoms with E-state index >= 15 is 0 Å². The van der Waals surface area contributed by atoms with Crippen LogP contribution in [-0.2, 0) is 21.2 Å². The first kappa shape index (κ1) is 20.1. The molecule has 0 aliphatic carbocycles. The number of hydrogen-bond acceptors (Lipinski definition) is 10. The maximum absolute atomic E-state index is 12.4. The molecule has 27 heavy (non-hydrogen) atoms. The van der Waals surface area contributed by atoms with Crippen LogP contribution in [0.5, 0.6) is 0 Å². The number of ether oxygens (including phenoxy) is 1. The molecule has 12 heteroatoms. The second-order valence-corrected chi connectivity index (χ2v) is 8.69. The molecule has 11 nitrogen and oxygen atoms in total. The van der Waals surface area contributed by atoms with Gasteiger partial charge in [-0.1, -0.05) is 6.07 Å². The summed E-state index contributed by atoms with van der Waals surface area (Å²) in [4.78, 5) is -0.0890. The molecule has 1 saturated heterocycles. The Morgan fingerprint density at radius 1 is 1.11 bits per heavy atom. The minimum Gasteiger partial charge on any atom is -0.394 e. The molecule has 1 aliphatic heterocycles. The van der Waals surface area contributed by atoms with Gasteiger partial charge in [0.15, 0.2) is 11.8 Å². The van der Waals surface area contributed by atoms with E-state index in [0.717, 1.165) is 4.31 Å². The molecule has 2 aromatic rings. The van der Waals surface area contributed by atoms with Crippen molar-refractivity contribution in [1.82, 2.24) is 14.6 Å². The van der Waals surface area contributed by atoms with E-state index in [4.69, 9.17) is 14.5 Å². The quantitative estimate of drug-likeness (QED) is 0.441. The molecule has 1 fully saturated rings. The first-order chi connectivity index (χ1) is 12.7. The van der Waals surface area contributed by atoms with E-state index in [1.54, 1.807) is 0 Å². The monoisotopic (exact) mass is 403 g/mol. The highest BCUT2D eigenvalue weighted by Gasteiger charge is 2.43. The number of aliphatic hydroxyl groups is 4. The Morgan fingerprint density at radius 3 is 2.41 bits per heavy atom. The van der Waals surface area contributed by atoms with Gasteiger partial charge in [-0.15, -0.1) is 0 Å². The van der Waals surface area contributed by atoms with E-state index in [0.29, 0.717) is 5.56 Å². The normalized spacial score (nSPS) is 29.5. The summed E-state index contributed by atoms with van der Waals surface area (Å²) in [5.74, 6) is -0.931. The van der Waals surface area contributed by atoms with Crippen LogP contribution < -0.4 is 0 Å². The zero-order valence-electron chi connectivity index (χ0n) is 14.6. The Balaban J connectivity index is 1.97. The second kappa shape index (κ2) is 7.39. The molecule has 1 aromatic carbocycles. The molecule has 0 saturated carbocycles. The Bertz CT molecular complexity index is 915. The molecule has 0 radical (unpaired) electrons. The number of aliphatic hydroxyl groups excluding tert-OH is 4. The van der Waals surface area contributed by atoms with Gasteiger partial charge in [0.25, 0.3) is 0 Å². The largest absolute Gasteiger partial charge is 0.394 e. The molecule has 0 spiro atoms. The van der Waals surface area contributed by atoms with Gasteiger partial charge in [-0.3, -0.25) is 0 Å². The molecule has 1 aliphatic rings. The topological polar surface area (TPSA) is 166 Å². The highest BCUT2D eigenvalue weighted by Crippen LogP contribution is 2.31. The zero-order valence-corrected chi connectivity index (χ0v) is 15.4. The summed E-state index contributed by atoms with van der Waals surface area (Å²) in [6.45, 7) is -0.559. The highest BCUT2D eigenvalue weighted by atomic mass is 32.2. The lowest BCUT2D eigenvalue weighted by atomic mass is 9.86. The SMILES string of the molecule is CN(C)S(=O)(=O)c1ccc(CC2C(O)OC(CO)[C@H](O)[C@H]2O)c2nonc12. The maximum Gasteiger partial charge on any atom is 0.244 e. The van der Waals surface area contributed by atoms with Crippen LogP contribution in [0.15, 0.2) is 21.7 Å². The van der Waals surface area contributed by atoms with E-state index in [2.05, 4.69) is 10.3 Å². The van der Waals surface area contributed by atoms with Gasteiger partial charge < -0.3 is 25.2 Å². The lowest BCUT2D eigenvalue weighted by Crippen LogP contribution is -2.56. The van der Waals surface area contributed by atoms with Crippen LogP contribution in [0, 0.1) is 5.92 Å². The van der Waals surface area contributed by atoms with Crippen LogP contribution in [0.4, 0.5) is 0 Å². The summed E-state index contributed by atoms with van der Waals surface area (Å²) < 4.78 is 35.7. The van der Waals surface area contributed by atoms with Crippen molar-refractivity contribution in [2.45, 2.75) is 35.9 Å². The van der Waals surface area contributed by atoms with Crippen LogP contribution in [0.3, 0.4) is 0 Å². The number of aromatic nitrogens is 2.